The highest BCUT2D eigenvalue weighted by atomic mass is 32.1. The van der Waals surface area contributed by atoms with E-state index in [2.05, 4.69) is 4.98 Å². The molecule has 146 valence electrons. The number of likely N-dealkylation sites (N-methyl/N-ethyl adjacent to an activating group) is 1. The SMILES string of the molecule is CN(Cc1ccccc1F)C(=O)Cn1cnc2sc3c(c2c1=O)CCCCC3. The van der Waals surface area contributed by atoms with Crippen molar-refractivity contribution < 1.29 is 9.18 Å². The summed E-state index contributed by atoms with van der Waals surface area (Å²) >= 11 is 1.60. The van der Waals surface area contributed by atoms with Gasteiger partial charge in [0, 0.05) is 24.0 Å². The molecule has 0 saturated heterocycles. The van der Waals surface area contributed by atoms with E-state index in [-0.39, 0.29) is 30.4 Å². The zero-order valence-electron chi connectivity index (χ0n) is 15.8. The average molecular weight is 399 g/mol. The van der Waals surface area contributed by atoms with Crippen molar-refractivity contribution in [1.29, 1.82) is 0 Å². The van der Waals surface area contributed by atoms with Gasteiger partial charge in [0.1, 0.15) is 17.2 Å². The summed E-state index contributed by atoms with van der Waals surface area (Å²) in [5, 5.41) is 0.675. The monoisotopic (exact) mass is 399 g/mol. The maximum absolute atomic E-state index is 13.8. The summed E-state index contributed by atoms with van der Waals surface area (Å²) in [5.74, 6) is -0.601. The standard InChI is InChI=1S/C21H22FN3O2S/c1-24(11-14-7-5-6-9-16(14)22)18(26)12-25-13-23-20-19(21(25)27)15-8-3-2-4-10-17(15)28-20/h5-7,9,13H,2-4,8,10-12H2,1H3. The Morgan fingerprint density at radius 2 is 2.04 bits per heavy atom. The molecule has 0 bridgehead atoms. The van der Waals surface area contributed by atoms with Crippen LogP contribution in [0.1, 0.15) is 35.3 Å². The third-order valence-corrected chi connectivity index (χ3v) is 6.49. The molecule has 1 aromatic carbocycles. The van der Waals surface area contributed by atoms with Gasteiger partial charge in [-0.05, 0) is 37.3 Å². The van der Waals surface area contributed by atoms with Crippen LogP contribution in [0.25, 0.3) is 10.2 Å². The topological polar surface area (TPSA) is 55.2 Å². The van der Waals surface area contributed by atoms with Crippen LogP contribution in [0.4, 0.5) is 4.39 Å². The number of aromatic nitrogens is 2. The number of fused-ring (bicyclic) bond motifs is 3. The van der Waals surface area contributed by atoms with Crippen molar-refractivity contribution in [3.8, 4) is 0 Å². The lowest BCUT2D eigenvalue weighted by atomic mass is 10.1. The molecule has 0 saturated carbocycles. The van der Waals surface area contributed by atoms with Gasteiger partial charge in [-0.25, -0.2) is 9.37 Å². The maximum atomic E-state index is 13.8. The third-order valence-electron chi connectivity index (χ3n) is 5.29. The summed E-state index contributed by atoms with van der Waals surface area (Å²) < 4.78 is 15.2. The number of halogens is 1. The molecule has 7 heteroatoms. The molecule has 0 unspecified atom stereocenters. The molecule has 1 aliphatic carbocycles. The number of aryl methyl sites for hydroxylation is 2. The molecular weight excluding hydrogens is 377 g/mol. The molecular formula is C21H22FN3O2S. The molecule has 2 heterocycles. The van der Waals surface area contributed by atoms with Gasteiger partial charge in [0.25, 0.3) is 5.56 Å². The lowest BCUT2D eigenvalue weighted by molar-refractivity contribution is -0.131. The van der Waals surface area contributed by atoms with E-state index in [1.54, 1.807) is 36.6 Å². The Morgan fingerprint density at radius 3 is 2.86 bits per heavy atom. The van der Waals surface area contributed by atoms with Gasteiger partial charge >= 0.3 is 0 Å². The molecule has 1 aliphatic rings. The molecule has 4 rings (SSSR count). The summed E-state index contributed by atoms with van der Waals surface area (Å²) in [7, 11) is 1.61. The first-order chi connectivity index (χ1) is 13.5. The van der Waals surface area contributed by atoms with Crippen molar-refractivity contribution in [3.05, 3.63) is 62.8 Å². The number of thiophene rings is 1. The second-order valence-corrected chi connectivity index (χ2v) is 8.35. The van der Waals surface area contributed by atoms with Crippen LogP contribution in [0.15, 0.2) is 35.4 Å². The Bertz CT molecular complexity index is 1090. The lowest BCUT2D eigenvalue weighted by Crippen LogP contribution is -2.34. The highest BCUT2D eigenvalue weighted by Gasteiger charge is 2.20. The number of rotatable bonds is 4. The number of hydrogen-bond acceptors (Lipinski definition) is 4. The van der Waals surface area contributed by atoms with Crippen LogP contribution < -0.4 is 5.56 Å². The Kier molecular flexibility index (Phi) is 5.26. The van der Waals surface area contributed by atoms with Crippen molar-refractivity contribution in [1.82, 2.24) is 14.5 Å². The fraction of sp³-hybridized carbons (Fsp3) is 0.381. The highest BCUT2D eigenvalue weighted by Crippen LogP contribution is 2.32. The minimum absolute atomic E-state index is 0.0999. The van der Waals surface area contributed by atoms with Crippen LogP contribution in [-0.2, 0) is 30.7 Å². The summed E-state index contributed by atoms with van der Waals surface area (Å²) in [6.07, 6.45) is 6.76. The minimum Gasteiger partial charge on any atom is -0.340 e. The number of amides is 1. The first kappa shape index (κ1) is 18.8. The molecule has 2 aromatic heterocycles. The van der Waals surface area contributed by atoms with Gasteiger partial charge in [0.15, 0.2) is 0 Å². The van der Waals surface area contributed by atoms with Gasteiger partial charge in [-0.1, -0.05) is 24.6 Å². The quantitative estimate of drug-likeness (QED) is 0.631. The molecule has 0 N–H and O–H groups in total. The van der Waals surface area contributed by atoms with Gasteiger partial charge in [-0.3, -0.25) is 14.2 Å². The van der Waals surface area contributed by atoms with Crippen molar-refractivity contribution in [2.45, 2.75) is 45.2 Å². The highest BCUT2D eigenvalue weighted by molar-refractivity contribution is 7.18. The summed E-state index contributed by atoms with van der Waals surface area (Å²) in [6, 6.07) is 6.38. The van der Waals surface area contributed by atoms with E-state index < -0.39 is 0 Å². The second-order valence-electron chi connectivity index (χ2n) is 7.26. The molecule has 0 aliphatic heterocycles. The lowest BCUT2D eigenvalue weighted by Gasteiger charge is -2.18. The number of carbonyl (C=O) groups is 1. The molecule has 28 heavy (non-hydrogen) atoms. The van der Waals surface area contributed by atoms with Gasteiger partial charge in [0.2, 0.25) is 5.91 Å². The summed E-state index contributed by atoms with van der Waals surface area (Å²) in [5.41, 5.74) is 1.41. The summed E-state index contributed by atoms with van der Waals surface area (Å²) in [4.78, 5) is 33.6. The Morgan fingerprint density at radius 1 is 1.25 bits per heavy atom. The van der Waals surface area contributed by atoms with Crippen LogP contribution >= 0.6 is 11.3 Å². The van der Waals surface area contributed by atoms with Crippen LogP contribution in [0.2, 0.25) is 0 Å². The van der Waals surface area contributed by atoms with Crippen LogP contribution in [0.3, 0.4) is 0 Å². The summed E-state index contributed by atoms with van der Waals surface area (Å²) in [6.45, 7) is 0.0567. The number of carbonyl (C=O) groups excluding carboxylic acids is 1. The van der Waals surface area contributed by atoms with E-state index >= 15 is 0 Å². The Hall–Kier alpha value is -2.54. The normalized spacial score (nSPS) is 13.9. The fourth-order valence-corrected chi connectivity index (χ4v) is 4.93. The third kappa shape index (κ3) is 3.58. The second kappa shape index (κ2) is 7.83. The van der Waals surface area contributed by atoms with Gasteiger partial charge < -0.3 is 4.90 Å². The zero-order valence-corrected chi connectivity index (χ0v) is 16.6. The maximum Gasteiger partial charge on any atom is 0.262 e. The zero-order chi connectivity index (χ0) is 19.7. The van der Waals surface area contributed by atoms with Crippen molar-refractivity contribution in [2.75, 3.05) is 7.05 Å². The molecule has 1 amide bonds. The predicted molar refractivity (Wildman–Crippen MR) is 108 cm³/mol. The largest absolute Gasteiger partial charge is 0.340 e. The average Bonchev–Trinajstić information content (AvgIpc) is 2.88. The molecule has 0 radical (unpaired) electrons. The van der Waals surface area contributed by atoms with E-state index in [1.807, 2.05) is 0 Å². The van der Waals surface area contributed by atoms with E-state index in [0.29, 0.717) is 10.9 Å². The van der Waals surface area contributed by atoms with Gasteiger partial charge in [-0.2, -0.15) is 0 Å². The predicted octanol–water partition coefficient (Wildman–Crippen LogP) is 3.52. The van der Waals surface area contributed by atoms with Gasteiger partial charge in [0.05, 0.1) is 11.7 Å². The van der Waals surface area contributed by atoms with E-state index in [4.69, 9.17) is 0 Å². The number of nitrogens with zero attached hydrogens (tertiary/aromatic N) is 3. The van der Waals surface area contributed by atoms with Crippen molar-refractivity contribution in [3.63, 3.8) is 0 Å². The number of hydrogen-bond donors (Lipinski definition) is 0. The fourth-order valence-electron chi connectivity index (χ4n) is 3.71. The van der Waals surface area contributed by atoms with Crippen molar-refractivity contribution >= 4 is 27.5 Å². The Balaban J connectivity index is 1.58. The van der Waals surface area contributed by atoms with E-state index in [1.165, 1.54) is 33.2 Å². The minimum atomic E-state index is -0.344. The van der Waals surface area contributed by atoms with Crippen LogP contribution in [-0.4, -0.2) is 27.4 Å². The van der Waals surface area contributed by atoms with Crippen LogP contribution in [0, 0.1) is 5.82 Å². The number of benzene rings is 1. The van der Waals surface area contributed by atoms with Gasteiger partial charge in [-0.15, -0.1) is 11.3 Å². The van der Waals surface area contributed by atoms with Crippen LogP contribution in [0.5, 0.6) is 0 Å². The smallest absolute Gasteiger partial charge is 0.262 e. The van der Waals surface area contributed by atoms with E-state index in [0.717, 1.165) is 36.1 Å². The molecule has 0 atom stereocenters. The molecule has 0 fully saturated rings. The Labute approximate surface area is 166 Å². The molecule has 0 spiro atoms. The molecule has 3 aromatic rings. The van der Waals surface area contributed by atoms with E-state index in [9.17, 15) is 14.0 Å². The first-order valence-corrected chi connectivity index (χ1v) is 10.3. The van der Waals surface area contributed by atoms with Crippen molar-refractivity contribution in [2.24, 2.45) is 0 Å². The first-order valence-electron chi connectivity index (χ1n) is 9.51. The molecule has 5 nitrogen and oxygen atoms in total.